The molecule has 2 N–H and O–H groups in total. The summed E-state index contributed by atoms with van der Waals surface area (Å²) in [6.45, 7) is 7.73. The number of hydrogen-bond acceptors (Lipinski definition) is 7. The molecule has 6 rings (SSSR count). The predicted molar refractivity (Wildman–Crippen MR) is 186 cm³/mol. The lowest BCUT2D eigenvalue weighted by Crippen LogP contribution is -2.52. The molecule has 4 aliphatic rings. The highest BCUT2D eigenvalue weighted by molar-refractivity contribution is 7.90. The van der Waals surface area contributed by atoms with Crippen molar-refractivity contribution in [2.75, 3.05) is 45.2 Å². The van der Waals surface area contributed by atoms with Gasteiger partial charge in [0.05, 0.1) is 24.1 Å². The van der Waals surface area contributed by atoms with Gasteiger partial charge in [0.15, 0.2) is 0 Å². The van der Waals surface area contributed by atoms with Gasteiger partial charge in [-0.05, 0) is 113 Å². The van der Waals surface area contributed by atoms with E-state index in [2.05, 4.69) is 40.2 Å². The molecular formula is C37H44ClN3O5S. The zero-order valence-corrected chi connectivity index (χ0v) is 29.0. The van der Waals surface area contributed by atoms with Crippen LogP contribution in [-0.4, -0.2) is 75.5 Å². The fourth-order valence-electron chi connectivity index (χ4n) is 7.55. The van der Waals surface area contributed by atoms with E-state index in [0.29, 0.717) is 42.6 Å². The molecule has 250 valence electrons. The highest BCUT2D eigenvalue weighted by atomic mass is 35.5. The molecule has 2 heterocycles. The van der Waals surface area contributed by atoms with Gasteiger partial charge in [-0.1, -0.05) is 47.7 Å². The van der Waals surface area contributed by atoms with Crippen molar-refractivity contribution in [1.82, 2.24) is 9.62 Å². The Hall–Kier alpha value is -3.29. The first kappa shape index (κ1) is 33.6. The van der Waals surface area contributed by atoms with Crippen LogP contribution in [0.5, 0.6) is 5.75 Å². The molecule has 0 unspecified atom stereocenters. The molecule has 10 heteroatoms. The van der Waals surface area contributed by atoms with Crippen LogP contribution in [0.2, 0.25) is 5.02 Å². The van der Waals surface area contributed by atoms with Gasteiger partial charge in [0.2, 0.25) is 10.0 Å². The van der Waals surface area contributed by atoms with Crippen molar-refractivity contribution >= 4 is 33.2 Å². The van der Waals surface area contributed by atoms with E-state index in [4.69, 9.17) is 16.3 Å². The van der Waals surface area contributed by atoms with Crippen LogP contribution in [-0.2, 0) is 21.9 Å². The van der Waals surface area contributed by atoms with E-state index in [1.165, 1.54) is 18.1 Å². The number of rotatable bonds is 1. The molecule has 0 saturated heterocycles. The number of hydrogen-bond donors (Lipinski definition) is 2. The fourth-order valence-corrected chi connectivity index (χ4v) is 8.84. The summed E-state index contributed by atoms with van der Waals surface area (Å²) in [5.74, 6) is 6.26. The lowest BCUT2D eigenvalue weighted by Gasteiger charge is -2.47. The van der Waals surface area contributed by atoms with Crippen molar-refractivity contribution in [2.24, 2.45) is 11.8 Å². The second-order valence-corrected chi connectivity index (χ2v) is 16.4. The monoisotopic (exact) mass is 677 g/mol. The van der Waals surface area contributed by atoms with Crippen molar-refractivity contribution in [3.05, 3.63) is 82.4 Å². The van der Waals surface area contributed by atoms with Gasteiger partial charge in [-0.3, -0.25) is 9.69 Å². The molecule has 2 aliphatic carbocycles. The minimum absolute atomic E-state index is 0.113. The molecule has 0 radical (unpaired) electrons. The lowest BCUT2D eigenvalue weighted by atomic mass is 9.64. The number of aliphatic hydroxyl groups is 1. The van der Waals surface area contributed by atoms with Crippen LogP contribution in [0.1, 0.15) is 60.5 Å². The van der Waals surface area contributed by atoms with E-state index in [9.17, 15) is 18.3 Å². The summed E-state index contributed by atoms with van der Waals surface area (Å²) in [5, 5.41) is 11.8. The van der Waals surface area contributed by atoms with E-state index in [0.717, 1.165) is 37.8 Å². The molecule has 2 aromatic rings. The number of carbonyl (C=O) groups excluding carboxylic acids is 1. The summed E-state index contributed by atoms with van der Waals surface area (Å²) in [4.78, 5) is 17.7. The maximum Gasteiger partial charge on any atom is 0.264 e. The minimum atomic E-state index is -4.08. The highest BCUT2D eigenvalue weighted by Gasteiger charge is 2.47. The van der Waals surface area contributed by atoms with E-state index in [1.807, 2.05) is 25.1 Å². The van der Waals surface area contributed by atoms with E-state index >= 15 is 0 Å². The number of sulfonamides is 1. The zero-order chi connectivity index (χ0) is 33.6. The molecule has 1 amide bonds. The number of carbonyl (C=O) groups is 1. The standard InChI is InChI=1S/C37H44ClN3O5S/c1-25-8-5-17-37(43,18-7-19-40(3)4)32-13-10-29(32)22-41-23-36(16-6-9-27-20-30(38)12-14-31(27)36)24-46-34-15-11-28(21-33(34)41)35(42)39-47(44,45)26(25)2/h5,11-12,14-15,17,20-21,26,29,32,43H,1,6,8-10,13,16,19,22-24H2,2-4H3,(H,39,42)/b17-5+/t26-,29+,32-,36+,37+/m1/s1. The first-order valence-corrected chi connectivity index (χ1v) is 18.3. The van der Waals surface area contributed by atoms with Crippen molar-refractivity contribution < 1.29 is 23.1 Å². The van der Waals surface area contributed by atoms with Crippen LogP contribution in [0.3, 0.4) is 0 Å². The van der Waals surface area contributed by atoms with Gasteiger partial charge in [0, 0.05) is 35.0 Å². The van der Waals surface area contributed by atoms with Crippen molar-refractivity contribution in [3.8, 4) is 17.6 Å². The summed E-state index contributed by atoms with van der Waals surface area (Å²) in [7, 11) is -0.212. The molecule has 2 bridgehead atoms. The quantitative estimate of drug-likeness (QED) is 0.320. The van der Waals surface area contributed by atoms with Crippen LogP contribution in [0, 0.1) is 23.7 Å². The molecule has 2 aromatic carbocycles. The average molecular weight is 678 g/mol. The number of allylic oxidation sites excluding steroid dienone is 1. The van der Waals surface area contributed by atoms with Gasteiger partial charge in [0.25, 0.3) is 5.91 Å². The third kappa shape index (κ3) is 6.71. The van der Waals surface area contributed by atoms with Gasteiger partial charge >= 0.3 is 0 Å². The van der Waals surface area contributed by atoms with Crippen LogP contribution in [0.4, 0.5) is 5.69 Å². The molecule has 47 heavy (non-hydrogen) atoms. The molecule has 5 atom stereocenters. The third-order valence-electron chi connectivity index (χ3n) is 10.4. The molecule has 1 fully saturated rings. The molecular weight excluding hydrogens is 634 g/mol. The Morgan fingerprint density at radius 3 is 2.77 bits per heavy atom. The Morgan fingerprint density at radius 2 is 2.02 bits per heavy atom. The predicted octanol–water partition coefficient (Wildman–Crippen LogP) is 5.10. The Labute approximate surface area is 283 Å². The van der Waals surface area contributed by atoms with Crippen molar-refractivity contribution in [1.29, 1.82) is 0 Å². The summed E-state index contributed by atoms with van der Waals surface area (Å²) in [6, 6.07) is 11.3. The van der Waals surface area contributed by atoms with Gasteiger partial charge < -0.3 is 14.7 Å². The number of benzene rings is 2. The highest BCUT2D eigenvalue weighted by Crippen LogP contribution is 2.48. The Bertz CT molecular complexity index is 1780. The van der Waals surface area contributed by atoms with E-state index < -0.39 is 26.8 Å². The maximum absolute atomic E-state index is 13.4. The van der Waals surface area contributed by atoms with Crippen molar-refractivity contribution in [3.63, 3.8) is 0 Å². The lowest BCUT2D eigenvalue weighted by molar-refractivity contribution is -0.00320. The molecule has 0 aromatic heterocycles. The second-order valence-electron chi connectivity index (χ2n) is 14.0. The third-order valence-corrected chi connectivity index (χ3v) is 12.4. The van der Waals surface area contributed by atoms with Crippen LogP contribution < -0.4 is 14.4 Å². The van der Waals surface area contributed by atoms with E-state index in [-0.39, 0.29) is 29.2 Å². The summed E-state index contributed by atoms with van der Waals surface area (Å²) < 4.78 is 35.5. The van der Waals surface area contributed by atoms with E-state index in [1.54, 1.807) is 30.4 Å². The maximum atomic E-state index is 13.4. The number of fused-ring (bicyclic) bond motifs is 4. The van der Waals surface area contributed by atoms with Gasteiger partial charge in [-0.15, -0.1) is 0 Å². The molecule has 1 spiro atoms. The smallest absolute Gasteiger partial charge is 0.264 e. The number of aryl methyl sites for hydroxylation is 1. The number of anilines is 1. The molecule has 2 aliphatic heterocycles. The number of ether oxygens (including phenoxy) is 1. The fraction of sp³-hybridized carbons (Fsp3) is 0.486. The van der Waals surface area contributed by atoms with Crippen LogP contribution >= 0.6 is 11.6 Å². The normalized spacial score (nSPS) is 30.9. The summed E-state index contributed by atoms with van der Waals surface area (Å²) in [6.07, 6.45) is 8.31. The van der Waals surface area contributed by atoms with Gasteiger partial charge in [-0.25, -0.2) is 13.1 Å². The van der Waals surface area contributed by atoms with Crippen LogP contribution in [0.25, 0.3) is 0 Å². The minimum Gasteiger partial charge on any atom is -0.490 e. The number of nitrogens with one attached hydrogen (secondary N) is 1. The van der Waals surface area contributed by atoms with Crippen LogP contribution in [0.15, 0.2) is 60.7 Å². The summed E-state index contributed by atoms with van der Waals surface area (Å²) >= 11 is 6.43. The van der Waals surface area contributed by atoms with Gasteiger partial charge in [0.1, 0.15) is 11.4 Å². The Morgan fingerprint density at radius 1 is 1.21 bits per heavy atom. The zero-order valence-electron chi connectivity index (χ0n) is 27.4. The topological polar surface area (TPSA) is 99.2 Å². The first-order valence-electron chi connectivity index (χ1n) is 16.4. The van der Waals surface area contributed by atoms with Gasteiger partial charge in [-0.2, -0.15) is 0 Å². The SMILES string of the molecule is C=C1C/C=C/[C@](O)(C#CCN(C)C)[C@@H]2CC[C@H]2CN2C[C@@]3(CCCc4cc(Cl)ccc43)COc3ccc(cc32)C(=O)NS(=O)(=O)[C@@H]1C. The Kier molecular flexibility index (Phi) is 9.27. The number of amides is 1. The Balaban J connectivity index is 1.46. The molecule has 8 nitrogen and oxygen atoms in total. The first-order chi connectivity index (χ1) is 22.3. The number of halogens is 1. The summed E-state index contributed by atoms with van der Waals surface area (Å²) in [5.41, 5.74) is 2.11. The van der Waals surface area contributed by atoms with Crippen molar-refractivity contribution in [2.45, 2.75) is 61.7 Å². The molecule has 1 saturated carbocycles. The number of nitrogens with zero attached hydrogens (tertiary/aromatic N) is 2. The largest absolute Gasteiger partial charge is 0.490 e. The second kappa shape index (κ2) is 13.0. The average Bonchev–Trinajstić information content (AvgIpc) is 3.14.